The van der Waals surface area contributed by atoms with Gasteiger partial charge >= 0.3 is 5.97 Å². The number of fused-ring (bicyclic) bond motifs is 3. The predicted octanol–water partition coefficient (Wildman–Crippen LogP) is 7.53. The van der Waals surface area contributed by atoms with Crippen LogP contribution in [0.15, 0.2) is 65.9 Å². The topological polar surface area (TPSA) is 64.6 Å². The van der Waals surface area contributed by atoms with Crippen LogP contribution >= 0.6 is 0 Å². The normalized spacial score (nSPS) is 30.1. The van der Waals surface area contributed by atoms with Crippen LogP contribution in [-0.4, -0.2) is 18.9 Å². The zero-order valence-electron chi connectivity index (χ0n) is 23.0. The number of esters is 1. The van der Waals surface area contributed by atoms with Gasteiger partial charge in [-0.2, -0.15) is 0 Å². The molecule has 0 radical (unpaired) electrons. The van der Waals surface area contributed by atoms with Crippen LogP contribution in [-0.2, 0) is 9.59 Å². The average molecular weight is 534 g/mol. The first-order valence-electron chi connectivity index (χ1n) is 15.0. The van der Waals surface area contributed by atoms with Gasteiger partial charge in [-0.25, -0.2) is 0 Å². The molecule has 0 aromatic heterocycles. The van der Waals surface area contributed by atoms with E-state index in [1.165, 1.54) is 19.3 Å². The van der Waals surface area contributed by atoms with Crippen molar-refractivity contribution >= 4 is 28.2 Å². The van der Waals surface area contributed by atoms with Gasteiger partial charge < -0.3 is 14.8 Å². The van der Waals surface area contributed by atoms with Gasteiger partial charge in [-0.15, -0.1) is 0 Å². The molecule has 3 aromatic carbocycles. The molecule has 1 atom stereocenters. The summed E-state index contributed by atoms with van der Waals surface area (Å²) in [5.41, 5.74) is 4.70. The minimum absolute atomic E-state index is 0.0803. The predicted molar refractivity (Wildman–Crippen MR) is 155 cm³/mol. The minimum Gasteiger partial charge on any atom is -0.493 e. The molecule has 5 aliphatic carbocycles. The van der Waals surface area contributed by atoms with Gasteiger partial charge in [0.15, 0.2) is 17.3 Å². The Morgan fingerprint density at radius 2 is 1.65 bits per heavy atom. The first-order valence-corrected chi connectivity index (χ1v) is 15.0. The van der Waals surface area contributed by atoms with Gasteiger partial charge in [-0.3, -0.25) is 9.59 Å². The molecule has 1 N–H and O–H groups in total. The SMILES string of the molecule is COc1cc(C2C3=C(CCCC3=O)Nc3ccc4ccccc4c32)ccc1OC(=O)C12CC3CC(CC(C3)C1)C2. The van der Waals surface area contributed by atoms with Gasteiger partial charge in [0.1, 0.15) is 0 Å². The van der Waals surface area contributed by atoms with Crippen molar-refractivity contribution in [3.63, 3.8) is 0 Å². The average Bonchev–Trinajstić information content (AvgIpc) is 2.95. The molecule has 1 heterocycles. The van der Waals surface area contributed by atoms with Gasteiger partial charge in [0, 0.05) is 29.3 Å². The highest BCUT2D eigenvalue weighted by Crippen LogP contribution is 2.60. The smallest absolute Gasteiger partial charge is 0.317 e. The Morgan fingerprint density at radius 3 is 2.40 bits per heavy atom. The molecule has 0 spiro atoms. The van der Waals surface area contributed by atoms with E-state index in [-0.39, 0.29) is 23.1 Å². The largest absolute Gasteiger partial charge is 0.493 e. The monoisotopic (exact) mass is 533 g/mol. The Balaban J connectivity index is 1.19. The number of nitrogens with one attached hydrogen (secondary N) is 1. The summed E-state index contributed by atoms with van der Waals surface area (Å²) in [6.45, 7) is 0. The fourth-order valence-electron chi connectivity index (χ4n) is 9.20. The van der Waals surface area contributed by atoms with Crippen LogP contribution in [0.4, 0.5) is 5.69 Å². The second-order valence-electron chi connectivity index (χ2n) is 13.0. The molecule has 4 bridgehead atoms. The van der Waals surface area contributed by atoms with E-state index in [1.54, 1.807) is 7.11 Å². The Kier molecular flexibility index (Phi) is 5.42. The Bertz CT molecular complexity index is 1560. The number of ether oxygens (including phenoxy) is 2. The fraction of sp³-hybridized carbons (Fsp3) is 0.429. The molecule has 204 valence electrons. The van der Waals surface area contributed by atoms with Crippen LogP contribution < -0.4 is 14.8 Å². The van der Waals surface area contributed by atoms with Crippen molar-refractivity contribution < 1.29 is 19.1 Å². The first kappa shape index (κ1) is 24.2. The van der Waals surface area contributed by atoms with E-state index in [0.29, 0.717) is 35.7 Å². The number of Topliss-reactive ketones (excluding diaryl/α,β-unsaturated/α-hetero) is 1. The highest BCUT2D eigenvalue weighted by molar-refractivity contribution is 6.04. The van der Waals surface area contributed by atoms with Gasteiger partial charge in [0.05, 0.1) is 12.5 Å². The Labute approximate surface area is 234 Å². The highest BCUT2D eigenvalue weighted by atomic mass is 16.6. The first-order chi connectivity index (χ1) is 19.5. The number of carbonyl (C=O) groups is 2. The lowest BCUT2D eigenvalue weighted by Crippen LogP contribution is -2.51. The lowest BCUT2D eigenvalue weighted by atomic mass is 9.49. The summed E-state index contributed by atoms with van der Waals surface area (Å²) in [7, 11) is 1.63. The van der Waals surface area contributed by atoms with Crippen LogP contribution in [0.5, 0.6) is 11.5 Å². The van der Waals surface area contributed by atoms with E-state index in [9.17, 15) is 9.59 Å². The molecule has 5 heteroatoms. The number of methoxy groups -OCH3 is 1. The molecule has 0 amide bonds. The molecule has 40 heavy (non-hydrogen) atoms. The van der Waals surface area contributed by atoms with Gasteiger partial charge in [0.25, 0.3) is 0 Å². The van der Waals surface area contributed by atoms with E-state index >= 15 is 0 Å². The number of benzene rings is 3. The maximum absolute atomic E-state index is 13.7. The van der Waals surface area contributed by atoms with Gasteiger partial charge in [0.2, 0.25) is 0 Å². The number of hydrogen-bond donors (Lipinski definition) is 1. The van der Waals surface area contributed by atoms with Crippen molar-refractivity contribution in [2.45, 2.75) is 63.7 Å². The summed E-state index contributed by atoms with van der Waals surface area (Å²) in [6.07, 6.45) is 9.05. The standard InChI is InChI=1S/C35H35NO4/c1-39-30-16-24(10-12-29(30)40-34(38)35-17-20-13-21(18-35)15-22(14-20)19-35)31-32-25-6-3-2-5-23(25)9-11-27(32)36-26-7-4-8-28(37)33(26)31/h2-3,5-6,9-12,16,20-22,31,36H,4,7-8,13-15,17-19H2,1H3. The summed E-state index contributed by atoms with van der Waals surface area (Å²) in [5.74, 6) is 2.95. The van der Waals surface area contributed by atoms with Crippen LogP contribution in [0.1, 0.15) is 74.8 Å². The molecule has 6 aliphatic rings. The highest BCUT2D eigenvalue weighted by Gasteiger charge is 2.55. The molecular weight excluding hydrogens is 498 g/mol. The maximum Gasteiger partial charge on any atom is 0.317 e. The fourth-order valence-corrected chi connectivity index (χ4v) is 9.20. The van der Waals surface area contributed by atoms with Crippen LogP contribution in [0.2, 0.25) is 0 Å². The molecular formula is C35H35NO4. The van der Waals surface area contributed by atoms with Crippen molar-refractivity contribution in [1.29, 1.82) is 0 Å². The number of ketones is 1. The number of anilines is 1. The molecule has 4 saturated carbocycles. The molecule has 0 saturated heterocycles. The van der Waals surface area contributed by atoms with E-state index in [4.69, 9.17) is 9.47 Å². The Hall–Kier alpha value is -3.60. The molecule has 4 fully saturated rings. The van der Waals surface area contributed by atoms with E-state index in [1.807, 2.05) is 24.3 Å². The summed E-state index contributed by atoms with van der Waals surface area (Å²) in [4.78, 5) is 27.2. The summed E-state index contributed by atoms with van der Waals surface area (Å²) in [6, 6.07) is 18.5. The third-order valence-electron chi connectivity index (χ3n) is 10.5. The quantitative estimate of drug-likeness (QED) is 0.277. The Morgan fingerprint density at radius 1 is 0.900 bits per heavy atom. The van der Waals surface area contributed by atoms with Crippen molar-refractivity contribution in [3.05, 3.63) is 77.0 Å². The molecule has 5 nitrogen and oxygen atoms in total. The van der Waals surface area contributed by atoms with Crippen molar-refractivity contribution in [2.24, 2.45) is 23.2 Å². The molecule has 9 rings (SSSR count). The summed E-state index contributed by atoms with van der Waals surface area (Å²) < 4.78 is 12.0. The van der Waals surface area contributed by atoms with Crippen LogP contribution in [0, 0.1) is 23.2 Å². The molecule has 1 unspecified atom stereocenters. The van der Waals surface area contributed by atoms with Crippen molar-refractivity contribution in [1.82, 2.24) is 0 Å². The molecule has 3 aromatic rings. The molecule has 1 aliphatic heterocycles. The lowest BCUT2D eigenvalue weighted by molar-refractivity contribution is -0.161. The van der Waals surface area contributed by atoms with Crippen molar-refractivity contribution in [2.75, 3.05) is 12.4 Å². The van der Waals surface area contributed by atoms with Gasteiger partial charge in [-0.1, -0.05) is 36.4 Å². The summed E-state index contributed by atoms with van der Waals surface area (Å²) >= 11 is 0. The zero-order chi connectivity index (χ0) is 27.0. The second-order valence-corrected chi connectivity index (χ2v) is 13.0. The maximum atomic E-state index is 13.7. The van der Waals surface area contributed by atoms with E-state index in [0.717, 1.165) is 71.0 Å². The number of rotatable bonds is 4. The van der Waals surface area contributed by atoms with Gasteiger partial charge in [-0.05, 0) is 109 Å². The van der Waals surface area contributed by atoms with Crippen LogP contribution in [0.25, 0.3) is 10.8 Å². The van der Waals surface area contributed by atoms with Crippen molar-refractivity contribution in [3.8, 4) is 11.5 Å². The van der Waals surface area contributed by atoms with E-state index in [2.05, 4.69) is 35.6 Å². The number of hydrogen-bond acceptors (Lipinski definition) is 5. The second kappa shape index (κ2) is 8.95. The van der Waals surface area contributed by atoms with E-state index < -0.39 is 0 Å². The zero-order valence-corrected chi connectivity index (χ0v) is 23.0. The number of allylic oxidation sites excluding steroid dienone is 2. The lowest BCUT2D eigenvalue weighted by Gasteiger charge is -2.55. The van der Waals surface area contributed by atoms with Crippen LogP contribution in [0.3, 0.4) is 0 Å². The number of carbonyl (C=O) groups excluding carboxylic acids is 2. The third-order valence-corrected chi connectivity index (χ3v) is 10.5. The minimum atomic E-state index is -0.334. The third kappa shape index (κ3) is 3.66. The summed E-state index contributed by atoms with van der Waals surface area (Å²) in [5, 5.41) is 5.89.